The largest absolute Gasteiger partial charge is 1.00 e. The second-order valence-electron chi connectivity index (χ2n) is 14.2. The van der Waals surface area contributed by atoms with Crippen LogP contribution in [0.1, 0.15) is 33.4 Å². The Morgan fingerprint density at radius 1 is 0.339 bits per heavy atom. The molecule has 0 aromatic heterocycles. The van der Waals surface area contributed by atoms with Crippen LogP contribution in [0.4, 0.5) is 0 Å². The van der Waals surface area contributed by atoms with Crippen molar-refractivity contribution in [2.45, 2.75) is 12.8 Å². The summed E-state index contributed by atoms with van der Waals surface area (Å²) in [5.74, 6) is 6.28. The minimum Gasteiger partial charge on any atom is -0.366 e. The third-order valence-corrected chi connectivity index (χ3v) is 17.7. The molecule has 2 aliphatic carbocycles. The monoisotopic (exact) mass is 1160 g/mol. The molecule has 8 aromatic carbocycles. The predicted octanol–water partition coefficient (Wildman–Crippen LogP) is 11.1. The van der Waals surface area contributed by atoms with Gasteiger partial charge in [-0.2, -0.15) is 0 Å². The Hall–Kier alpha value is -4.78. The van der Waals surface area contributed by atoms with E-state index in [0.717, 1.165) is 24.0 Å². The zero-order chi connectivity index (χ0) is 38.8. The fourth-order valence-corrected chi connectivity index (χ4v) is 15.8. The molecule has 0 bridgehead atoms. The Morgan fingerprint density at radius 3 is 0.949 bits per heavy atom. The minimum absolute atomic E-state index is 0. The summed E-state index contributed by atoms with van der Waals surface area (Å²) in [6.07, 6.45) is 16.6. The van der Waals surface area contributed by atoms with E-state index in [1.807, 2.05) is 24.3 Å². The molecule has 59 heavy (non-hydrogen) atoms. The molecule has 0 nitrogen and oxygen atoms in total. The van der Waals surface area contributed by atoms with Gasteiger partial charge in [0.25, 0.3) is 0 Å². The zero-order valence-electron chi connectivity index (χ0n) is 32.4. The fraction of sp³-hybridized carbons (Fsp3) is 0.0545. The van der Waals surface area contributed by atoms with E-state index < -0.39 is 15.8 Å². The van der Waals surface area contributed by atoms with Gasteiger partial charge in [-0.1, -0.05) is 168 Å². The van der Waals surface area contributed by atoms with E-state index in [9.17, 15) is 0 Å². The summed E-state index contributed by atoms with van der Waals surface area (Å²) in [5.41, 5.74) is 12.1. The van der Waals surface area contributed by atoms with Crippen molar-refractivity contribution >= 4 is 37.1 Å². The van der Waals surface area contributed by atoms with Gasteiger partial charge in [0, 0.05) is 0 Å². The average molecular weight is 1160 g/mol. The van der Waals surface area contributed by atoms with E-state index in [4.69, 9.17) is 12.8 Å². The maximum absolute atomic E-state index is 7.30. The van der Waals surface area contributed by atoms with Gasteiger partial charge in [0.1, 0.15) is 37.1 Å². The molecule has 0 saturated heterocycles. The molecule has 0 fully saturated rings. The molecule has 292 valence electrons. The van der Waals surface area contributed by atoms with Gasteiger partial charge in [-0.3, -0.25) is 11.8 Å². The van der Waals surface area contributed by atoms with E-state index in [0.29, 0.717) is 0 Å². The minimum atomic E-state index is -0.847. The van der Waals surface area contributed by atoms with Crippen molar-refractivity contribution in [3.05, 3.63) is 252 Å². The van der Waals surface area contributed by atoms with E-state index in [-0.39, 0.29) is 44.8 Å². The quantitative estimate of drug-likeness (QED) is 0.0674. The van der Waals surface area contributed by atoms with Crippen LogP contribution in [-0.4, -0.2) is 5.90 Å². The van der Waals surface area contributed by atoms with Crippen LogP contribution in [0.2, 0.25) is 0 Å². The van der Waals surface area contributed by atoms with Crippen molar-refractivity contribution in [1.82, 2.24) is 0 Å². The van der Waals surface area contributed by atoms with Gasteiger partial charge in [-0.15, -0.1) is 23.3 Å². The molecule has 4 heteroatoms. The molecule has 2 aliphatic rings. The SMILES string of the molecule is [Au+].[Au+].[C-]#Cc1cccc2c1-c1ccccc1C2.[C-]#Cc1cccc2c1-c1ccccc1C2.c1ccc([PH+](C[PH+](c2ccccc2)c2ccccc2)c2ccccc2)cc1. The van der Waals surface area contributed by atoms with E-state index in [2.05, 4.69) is 194 Å². The Kier molecular flexibility index (Phi) is 15.9. The molecule has 0 N–H and O–H groups in total. The Bertz CT molecular complexity index is 2420. The van der Waals surface area contributed by atoms with E-state index in [1.165, 1.54) is 71.6 Å². The van der Waals surface area contributed by atoms with Crippen molar-refractivity contribution in [3.8, 4) is 34.1 Å². The molecule has 10 rings (SSSR count). The van der Waals surface area contributed by atoms with Crippen LogP contribution in [0, 0.1) is 24.7 Å². The van der Waals surface area contributed by atoms with Crippen LogP contribution in [0.25, 0.3) is 22.3 Å². The Morgan fingerprint density at radius 2 is 0.627 bits per heavy atom. The van der Waals surface area contributed by atoms with Crippen LogP contribution in [-0.2, 0) is 57.6 Å². The first-order valence-corrected chi connectivity index (χ1v) is 22.8. The second kappa shape index (κ2) is 21.5. The first kappa shape index (κ1) is 43.8. The fourth-order valence-electron chi connectivity index (χ4n) is 8.06. The third-order valence-electron chi connectivity index (χ3n) is 10.7. The van der Waals surface area contributed by atoms with Gasteiger partial charge >= 0.3 is 44.8 Å². The van der Waals surface area contributed by atoms with Crippen molar-refractivity contribution in [2.75, 3.05) is 5.90 Å². The van der Waals surface area contributed by atoms with Crippen molar-refractivity contribution < 1.29 is 44.8 Å². The summed E-state index contributed by atoms with van der Waals surface area (Å²) in [4.78, 5) is 0. The summed E-state index contributed by atoms with van der Waals surface area (Å²) in [5, 5.41) is 6.01. The summed E-state index contributed by atoms with van der Waals surface area (Å²) in [7, 11) is -1.69. The van der Waals surface area contributed by atoms with Gasteiger partial charge in [0.2, 0.25) is 0 Å². The molecule has 0 amide bonds. The summed E-state index contributed by atoms with van der Waals surface area (Å²) in [6, 6.07) is 73.4. The summed E-state index contributed by atoms with van der Waals surface area (Å²) in [6.45, 7) is 0. The second-order valence-corrected chi connectivity index (χ2v) is 19.8. The number of benzene rings is 8. The normalized spacial score (nSPS) is 11.0. The first-order chi connectivity index (χ1) is 28.2. The molecule has 0 atom stereocenters. The van der Waals surface area contributed by atoms with Crippen molar-refractivity contribution in [3.63, 3.8) is 0 Å². The molecule has 0 radical (unpaired) electrons. The molecular formula is C55H42Au2P2+2. The summed E-state index contributed by atoms with van der Waals surface area (Å²) < 4.78 is 0. The third kappa shape index (κ3) is 10.2. The van der Waals surface area contributed by atoms with E-state index in [1.54, 1.807) is 0 Å². The number of rotatable bonds is 6. The molecule has 0 spiro atoms. The van der Waals surface area contributed by atoms with Crippen LogP contribution >= 0.6 is 15.8 Å². The van der Waals surface area contributed by atoms with Gasteiger partial charge in [0.15, 0.2) is 5.90 Å². The van der Waals surface area contributed by atoms with Crippen LogP contribution < -0.4 is 21.2 Å². The Balaban J connectivity index is 0.000000156. The predicted molar refractivity (Wildman–Crippen MR) is 248 cm³/mol. The molecule has 0 unspecified atom stereocenters. The standard InChI is InChI=1S/C25H22P2.2C15H9.2Au/c1-5-13-22(14-6-1)26(23-15-7-2-8-16-23)21-27(24-17-9-3-10-18-24)25-19-11-4-12-20-25;2*1-2-11-7-5-8-13-10-12-6-3-4-9-14(12)15(11)13;;/h1-20H,21H2;2*3-9H,10H2;;/q;2*-1;2*+1/p+2. The van der Waals surface area contributed by atoms with E-state index >= 15 is 0 Å². The maximum Gasteiger partial charge on any atom is 1.00 e. The van der Waals surface area contributed by atoms with Gasteiger partial charge in [0.05, 0.1) is 0 Å². The van der Waals surface area contributed by atoms with Crippen LogP contribution in [0.15, 0.2) is 206 Å². The first-order valence-electron chi connectivity index (χ1n) is 19.4. The topological polar surface area (TPSA) is 0 Å². The van der Waals surface area contributed by atoms with Crippen molar-refractivity contribution in [1.29, 1.82) is 0 Å². The van der Waals surface area contributed by atoms with Gasteiger partial charge in [-0.25, -0.2) is 0 Å². The van der Waals surface area contributed by atoms with Crippen LogP contribution in [0.5, 0.6) is 0 Å². The zero-order valence-corrected chi connectivity index (χ0v) is 38.7. The number of hydrogen-bond donors (Lipinski definition) is 0. The average Bonchev–Trinajstić information content (AvgIpc) is 3.87. The molecule has 0 aliphatic heterocycles. The molecule has 8 aromatic rings. The van der Waals surface area contributed by atoms with Gasteiger partial charge < -0.3 is 12.8 Å². The summed E-state index contributed by atoms with van der Waals surface area (Å²) >= 11 is 0. The number of fused-ring (bicyclic) bond motifs is 6. The molecule has 0 saturated carbocycles. The molecule has 0 heterocycles. The maximum atomic E-state index is 7.30. The Labute approximate surface area is 384 Å². The van der Waals surface area contributed by atoms with Crippen LogP contribution in [0.3, 0.4) is 0 Å². The number of hydrogen-bond acceptors (Lipinski definition) is 0. The smallest absolute Gasteiger partial charge is 0.366 e. The van der Waals surface area contributed by atoms with Gasteiger partial charge in [-0.05, 0) is 83.6 Å². The van der Waals surface area contributed by atoms with Crippen molar-refractivity contribution in [2.24, 2.45) is 0 Å². The molecular weight excluding hydrogens is 1120 g/mol.